The summed E-state index contributed by atoms with van der Waals surface area (Å²) in [5.74, 6) is 0.691. The topological polar surface area (TPSA) is 83.2 Å². The fourth-order valence-electron chi connectivity index (χ4n) is 3.43. The molecular formula is C19H18Cl2N6. The molecule has 2 N–H and O–H groups in total. The number of fused-ring (bicyclic) bond motifs is 1. The maximum atomic E-state index is 9.78. The Morgan fingerprint density at radius 1 is 1.26 bits per heavy atom. The average Bonchev–Trinajstić information content (AvgIpc) is 3.13. The molecule has 3 aromatic rings. The number of nitrogens with two attached hydrogens (primary N) is 1. The molecule has 1 aliphatic heterocycles. The van der Waals surface area contributed by atoms with Gasteiger partial charge in [-0.15, -0.1) is 0 Å². The minimum absolute atomic E-state index is 0.170. The second kappa shape index (κ2) is 6.68. The first kappa shape index (κ1) is 18.1. The van der Waals surface area contributed by atoms with Crippen LogP contribution in [0, 0.1) is 11.3 Å². The van der Waals surface area contributed by atoms with Crippen molar-refractivity contribution in [1.29, 1.82) is 5.26 Å². The van der Waals surface area contributed by atoms with Gasteiger partial charge in [0, 0.05) is 36.6 Å². The van der Waals surface area contributed by atoms with Gasteiger partial charge in [0.1, 0.15) is 11.7 Å². The lowest BCUT2D eigenvalue weighted by molar-refractivity contribution is 0.361. The van der Waals surface area contributed by atoms with Crippen LogP contribution in [0.25, 0.3) is 16.8 Å². The number of piperidine rings is 1. The Bertz CT molecular complexity index is 1060. The lowest BCUT2D eigenvalue weighted by Crippen LogP contribution is -2.48. The molecule has 1 fully saturated rings. The van der Waals surface area contributed by atoms with Gasteiger partial charge in [-0.25, -0.2) is 9.97 Å². The summed E-state index contributed by atoms with van der Waals surface area (Å²) < 4.78 is 1.90. The minimum Gasteiger partial charge on any atom is -0.342 e. The first-order chi connectivity index (χ1) is 12.9. The zero-order chi connectivity index (χ0) is 19.2. The molecule has 0 amide bonds. The molecule has 1 aromatic carbocycles. The van der Waals surface area contributed by atoms with Crippen molar-refractivity contribution in [3.05, 3.63) is 46.3 Å². The van der Waals surface area contributed by atoms with Gasteiger partial charge >= 0.3 is 0 Å². The Hall–Kier alpha value is -2.33. The van der Waals surface area contributed by atoms with Gasteiger partial charge in [0.15, 0.2) is 5.69 Å². The number of benzene rings is 1. The van der Waals surface area contributed by atoms with Gasteiger partial charge < -0.3 is 10.6 Å². The quantitative estimate of drug-likeness (QED) is 0.704. The predicted molar refractivity (Wildman–Crippen MR) is 107 cm³/mol. The minimum atomic E-state index is -0.170. The smallest absolute Gasteiger partial charge is 0.212 e. The lowest BCUT2D eigenvalue weighted by atomic mass is 9.91. The van der Waals surface area contributed by atoms with E-state index in [1.165, 1.54) is 0 Å². The summed E-state index contributed by atoms with van der Waals surface area (Å²) in [4.78, 5) is 11.3. The molecule has 0 unspecified atom stereocenters. The third kappa shape index (κ3) is 3.12. The van der Waals surface area contributed by atoms with E-state index < -0.39 is 0 Å². The van der Waals surface area contributed by atoms with E-state index >= 15 is 0 Å². The van der Waals surface area contributed by atoms with Crippen LogP contribution in [0.3, 0.4) is 0 Å². The van der Waals surface area contributed by atoms with E-state index in [1.54, 1.807) is 18.3 Å². The van der Waals surface area contributed by atoms with Crippen LogP contribution in [0.4, 0.5) is 5.95 Å². The van der Waals surface area contributed by atoms with E-state index in [0.717, 1.165) is 25.9 Å². The van der Waals surface area contributed by atoms with Gasteiger partial charge in [-0.1, -0.05) is 35.3 Å². The Morgan fingerprint density at radius 3 is 2.70 bits per heavy atom. The van der Waals surface area contributed by atoms with Gasteiger partial charge in [-0.2, -0.15) is 5.26 Å². The first-order valence-electron chi connectivity index (χ1n) is 8.67. The van der Waals surface area contributed by atoms with Crippen molar-refractivity contribution in [3.8, 4) is 17.2 Å². The lowest BCUT2D eigenvalue weighted by Gasteiger charge is -2.37. The fraction of sp³-hybridized carbons (Fsp3) is 0.316. The molecule has 2 aromatic heterocycles. The molecule has 8 heteroatoms. The van der Waals surface area contributed by atoms with Gasteiger partial charge in [0.25, 0.3) is 0 Å². The molecule has 0 saturated carbocycles. The van der Waals surface area contributed by atoms with E-state index in [-0.39, 0.29) is 11.2 Å². The highest BCUT2D eigenvalue weighted by atomic mass is 35.5. The highest BCUT2D eigenvalue weighted by molar-refractivity contribution is 6.43. The van der Waals surface area contributed by atoms with Crippen molar-refractivity contribution in [2.45, 2.75) is 25.3 Å². The number of aromatic nitrogens is 3. The van der Waals surface area contributed by atoms with Crippen LogP contribution in [0.5, 0.6) is 0 Å². The third-order valence-corrected chi connectivity index (χ3v) is 5.86. The van der Waals surface area contributed by atoms with Crippen molar-refractivity contribution in [2.24, 2.45) is 5.73 Å². The molecule has 1 saturated heterocycles. The third-order valence-electron chi connectivity index (χ3n) is 5.04. The number of hydrogen-bond donors (Lipinski definition) is 1. The number of nitrogens with zero attached hydrogens (tertiary/aromatic N) is 5. The molecule has 0 spiro atoms. The number of hydrogen-bond acceptors (Lipinski definition) is 5. The van der Waals surface area contributed by atoms with Crippen LogP contribution in [0.15, 0.2) is 30.6 Å². The second-order valence-corrected chi connectivity index (χ2v) is 7.90. The zero-order valence-electron chi connectivity index (χ0n) is 14.8. The summed E-state index contributed by atoms with van der Waals surface area (Å²) >= 11 is 12.6. The highest BCUT2D eigenvalue weighted by Gasteiger charge is 2.29. The van der Waals surface area contributed by atoms with E-state index in [2.05, 4.69) is 27.9 Å². The van der Waals surface area contributed by atoms with Crippen LogP contribution < -0.4 is 10.6 Å². The van der Waals surface area contributed by atoms with Crippen molar-refractivity contribution < 1.29 is 0 Å². The molecule has 6 nitrogen and oxygen atoms in total. The summed E-state index contributed by atoms with van der Waals surface area (Å²) in [7, 11) is 0. The molecule has 138 valence electrons. The molecule has 0 aliphatic carbocycles. The van der Waals surface area contributed by atoms with Gasteiger partial charge in [0.05, 0.1) is 15.6 Å². The zero-order valence-corrected chi connectivity index (χ0v) is 16.3. The molecule has 0 atom stereocenters. The maximum Gasteiger partial charge on any atom is 0.212 e. The number of rotatable bonds is 2. The molecular weight excluding hydrogens is 383 g/mol. The average molecular weight is 401 g/mol. The fourth-order valence-corrected chi connectivity index (χ4v) is 3.83. The van der Waals surface area contributed by atoms with Crippen LogP contribution >= 0.6 is 23.2 Å². The van der Waals surface area contributed by atoms with E-state index in [1.807, 2.05) is 16.7 Å². The predicted octanol–water partition coefficient (Wildman–Crippen LogP) is 3.89. The molecule has 27 heavy (non-hydrogen) atoms. The summed E-state index contributed by atoms with van der Waals surface area (Å²) in [6.45, 7) is 3.61. The summed E-state index contributed by atoms with van der Waals surface area (Å²) in [5, 5.41) is 10.6. The van der Waals surface area contributed by atoms with E-state index in [4.69, 9.17) is 28.9 Å². The van der Waals surface area contributed by atoms with Crippen LogP contribution in [-0.2, 0) is 0 Å². The summed E-state index contributed by atoms with van der Waals surface area (Å²) in [5.41, 5.74) is 8.21. The molecule has 0 radical (unpaired) electrons. The van der Waals surface area contributed by atoms with Gasteiger partial charge in [-0.05, 0) is 25.8 Å². The molecule has 0 bridgehead atoms. The van der Waals surface area contributed by atoms with Crippen molar-refractivity contribution in [2.75, 3.05) is 18.0 Å². The Morgan fingerprint density at radius 2 is 2.00 bits per heavy atom. The first-order valence-corrected chi connectivity index (χ1v) is 9.42. The number of imidazole rings is 1. The Kier molecular flexibility index (Phi) is 4.47. The van der Waals surface area contributed by atoms with Crippen molar-refractivity contribution in [3.63, 3.8) is 0 Å². The standard InChI is InChI=1S/C19H18Cl2N6/c1-19(23)5-8-26(9-6-19)18-25-14(11-22)15(17-24-7-10-27(17)18)12-3-2-4-13(20)16(12)21/h2-4,7,10H,5-6,8-9,23H2,1H3. The van der Waals surface area contributed by atoms with E-state index in [9.17, 15) is 5.26 Å². The van der Waals surface area contributed by atoms with Crippen LogP contribution in [0.1, 0.15) is 25.5 Å². The van der Waals surface area contributed by atoms with Crippen LogP contribution in [-0.4, -0.2) is 33.0 Å². The molecule has 4 rings (SSSR count). The molecule has 1 aliphatic rings. The number of anilines is 1. The van der Waals surface area contributed by atoms with E-state index in [0.29, 0.717) is 32.8 Å². The Labute approximate surface area is 167 Å². The normalized spacial score (nSPS) is 16.5. The van der Waals surface area contributed by atoms with Gasteiger partial charge in [0.2, 0.25) is 5.95 Å². The second-order valence-electron chi connectivity index (χ2n) is 7.11. The van der Waals surface area contributed by atoms with Gasteiger partial charge in [-0.3, -0.25) is 4.40 Å². The largest absolute Gasteiger partial charge is 0.342 e. The number of halogens is 2. The monoisotopic (exact) mass is 400 g/mol. The summed E-state index contributed by atoms with van der Waals surface area (Å²) in [6, 6.07) is 7.53. The summed E-state index contributed by atoms with van der Waals surface area (Å²) in [6.07, 6.45) is 5.25. The SMILES string of the molecule is CC1(N)CCN(c2nc(C#N)c(-c3cccc(Cl)c3Cl)c3nccn23)CC1. The molecule has 3 heterocycles. The van der Waals surface area contributed by atoms with Crippen molar-refractivity contribution in [1.82, 2.24) is 14.4 Å². The van der Waals surface area contributed by atoms with Crippen molar-refractivity contribution >= 4 is 34.8 Å². The highest BCUT2D eigenvalue weighted by Crippen LogP contribution is 2.38. The van der Waals surface area contributed by atoms with Crippen LogP contribution in [0.2, 0.25) is 10.0 Å². The maximum absolute atomic E-state index is 9.78. The Balaban J connectivity index is 1.90. The number of nitriles is 1.